The van der Waals surface area contributed by atoms with E-state index in [1.165, 1.54) is 0 Å². The Morgan fingerprint density at radius 3 is 2.38 bits per heavy atom. The van der Waals surface area contributed by atoms with Gasteiger partial charge in [-0.1, -0.05) is 47.6 Å². The number of carbonyl (C=O) groups excluding carboxylic acids is 1. The van der Waals surface area contributed by atoms with Crippen LogP contribution in [0.4, 0.5) is 0 Å². The molecule has 0 saturated heterocycles. The van der Waals surface area contributed by atoms with E-state index < -0.39 is 6.17 Å². The number of amides is 1. The third-order valence-corrected chi connectivity index (χ3v) is 4.42. The molecule has 1 atom stereocenters. The summed E-state index contributed by atoms with van der Waals surface area (Å²) >= 11 is 22.1. The summed E-state index contributed by atoms with van der Waals surface area (Å²) in [6.07, 6.45) is -0.728. The largest absolute Gasteiger partial charge is 0.307 e. The second-order valence-corrected chi connectivity index (χ2v) is 5.02. The summed E-state index contributed by atoms with van der Waals surface area (Å²) in [5.41, 5.74) is 7.08. The van der Waals surface area contributed by atoms with Gasteiger partial charge < -0.3 is 5.73 Å². The Kier molecular flexibility index (Phi) is 3.05. The fourth-order valence-corrected chi connectivity index (χ4v) is 2.73. The summed E-state index contributed by atoms with van der Waals surface area (Å²) in [7, 11) is 0. The molecule has 1 aliphatic heterocycles. The zero-order valence-electron chi connectivity index (χ0n) is 8.09. The lowest BCUT2D eigenvalue weighted by molar-refractivity contribution is 0.0870. The lowest BCUT2D eigenvalue weighted by Crippen LogP contribution is -2.24. The van der Waals surface area contributed by atoms with Gasteiger partial charge in [-0.2, -0.15) is 0 Å². The molecule has 0 aromatic heterocycles. The van der Waals surface area contributed by atoms with Crippen molar-refractivity contribution in [2.75, 3.05) is 0 Å². The van der Waals surface area contributed by atoms with E-state index in [9.17, 15) is 4.79 Å². The molecule has 1 unspecified atom stereocenters. The minimum Gasteiger partial charge on any atom is -0.307 e. The number of hydrogen-bond acceptors (Lipinski definition) is 3. The zero-order chi connectivity index (χ0) is 12.2. The summed E-state index contributed by atoms with van der Waals surface area (Å²) in [5.74, 6) is -0.363. The number of rotatable bonds is 0. The number of hydrogen-bond donors (Lipinski definition) is 2. The first-order valence-electron chi connectivity index (χ1n) is 4.32. The van der Waals surface area contributed by atoms with E-state index in [0.717, 1.165) is 4.31 Å². The van der Waals surface area contributed by atoms with Crippen LogP contribution in [0, 0.1) is 6.92 Å². The molecule has 2 N–H and O–H groups in total. The number of thiol groups is 1. The molecule has 0 fully saturated rings. The van der Waals surface area contributed by atoms with Gasteiger partial charge in [0, 0.05) is 5.56 Å². The van der Waals surface area contributed by atoms with Crippen LogP contribution in [0.25, 0.3) is 0 Å². The molecule has 1 aromatic carbocycles. The number of benzene rings is 1. The van der Waals surface area contributed by atoms with Crippen molar-refractivity contribution < 1.29 is 4.79 Å². The molecule has 0 aliphatic carbocycles. The fourth-order valence-electron chi connectivity index (χ4n) is 1.64. The van der Waals surface area contributed by atoms with Gasteiger partial charge in [-0.3, -0.25) is 9.10 Å². The van der Waals surface area contributed by atoms with Crippen LogP contribution in [0.3, 0.4) is 0 Å². The van der Waals surface area contributed by atoms with E-state index in [4.69, 9.17) is 40.5 Å². The maximum Gasteiger partial charge on any atom is 0.267 e. The third kappa shape index (κ3) is 1.45. The van der Waals surface area contributed by atoms with Crippen molar-refractivity contribution in [2.45, 2.75) is 13.1 Å². The summed E-state index contributed by atoms with van der Waals surface area (Å²) in [4.78, 5) is 11.8. The molecular weight excluding hydrogens is 291 g/mol. The lowest BCUT2D eigenvalue weighted by Gasteiger charge is -2.14. The van der Waals surface area contributed by atoms with Crippen molar-refractivity contribution in [1.82, 2.24) is 4.31 Å². The van der Waals surface area contributed by atoms with Crippen LogP contribution < -0.4 is 5.73 Å². The maximum absolute atomic E-state index is 11.8. The van der Waals surface area contributed by atoms with Gasteiger partial charge in [-0.15, -0.1) is 0 Å². The Labute approximate surface area is 113 Å². The van der Waals surface area contributed by atoms with Crippen LogP contribution in [0.15, 0.2) is 0 Å². The molecule has 0 spiro atoms. The second kappa shape index (κ2) is 3.96. The summed E-state index contributed by atoms with van der Waals surface area (Å²) in [6, 6.07) is 0. The van der Waals surface area contributed by atoms with E-state index in [2.05, 4.69) is 12.8 Å². The molecular formula is C9H7Cl3N2OS. The van der Waals surface area contributed by atoms with Gasteiger partial charge >= 0.3 is 0 Å². The van der Waals surface area contributed by atoms with Crippen LogP contribution in [0.2, 0.25) is 15.1 Å². The molecule has 7 heteroatoms. The number of nitrogens with two attached hydrogens (primary N) is 1. The van der Waals surface area contributed by atoms with Gasteiger partial charge in [0.25, 0.3) is 5.91 Å². The quantitative estimate of drug-likeness (QED) is 0.570. The molecule has 2 rings (SSSR count). The average molecular weight is 298 g/mol. The molecule has 16 heavy (non-hydrogen) atoms. The molecule has 1 amide bonds. The highest BCUT2D eigenvalue weighted by atomic mass is 35.5. The number of carbonyl (C=O) groups is 1. The van der Waals surface area contributed by atoms with Crippen LogP contribution in [-0.4, -0.2) is 10.2 Å². The van der Waals surface area contributed by atoms with Gasteiger partial charge in [-0.25, -0.2) is 0 Å². The predicted molar refractivity (Wildman–Crippen MR) is 68.3 cm³/mol. The van der Waals surface area contributed by atoms with E-state index in [-0.39, 0.29) is 21.5 Å². The van der Waals surface area contributed by atoms with E-state index in [1.54, 1.807) is 6.92 Å². The Balaban J connectivity index is 2.86. The molecule has 86 valence electrons. The number of fused-ring (bicyclic) bond motifs is 1. The van der Waals surface area contributed by atoms with Gasteiger partial charge in [0.2, 0.25) is 0 Å². The fraction of sp³-hybridized carbons (Fsp3) is 0.222. The Morgan fingerprint density at radius 2 is 1.81 bits per heavy atom. The SMILES string of the molecule is Cc1c(Cl)c(Cl)c2c(c1Cl)C(=O)N(S)C2N. The normalized spacial score (nSPS) is 19.2. The van der Waals surface area contributed by atoms with Gasteiger partial charge in [0.05, 0.1) is 20.6 Å². The van der Waals surface area contributed by atoms with Crippen molar-refractivity contribution in [2.24, 2.45) is 5.73 Å². The van der Waals surface area contributed by atoms with Crippen LogP contribution in [0.5, 0.6) is 0 Å². The second-order valence-electron chi connectivity index (χ2n) is 3.45. The van der Waals surface area contributed by atoms with Crippen molar-refractivity contribution in [3.8, 4) is 0 Å². The van der Waals surface area contributed by atoms with E-state index in [0.29, 0.717) is 16.1 Å². The molecule has 0 bridgehead atoms. The van der Waals surface area contributed by atoms with E-state index >= 15 is 0 Å². The first-order valence-corrected chi connectivity index (χ1v) is 5.86. The van der Waals surface area contributed by atoms with Crippen molar-refractivity contribution in [3.05, 3.63) is 31.8 Å². The zero-order valence-corrected chi connectivity index (χ0v) is 11.3. The highest BCUT2D eigenvalue weighted by molar-refractivity contribution is 7.78. The topological polar surface area (TPSA) is 46.3 Å². The first-order chi connectivity index (χ1) is 7.37. The molecule has 3 nitrogen and oxygen atoms in total. The van der Waals surface area contributed by atoms with Crippen LogP contribution in [0.1, 0.15) is 27.7 Å². The smallest absolute Gasteiger partial charge is 0.267 e. The van der Waals surface area contributed by atoms with Crippen LogP contribution in [-0.2, 0) is 0 Å². The summed E-state index contributed by atoms with van der Waals surface area (Å²) in [6.45, 7) is 1.69. The number of halogens is 3. The molecule has 0 saturated carbocycles. The molecule has 0 radical (unpaired) electrons. The standard InChI is InChI=1S/C9H7Cl3N2OS/c1-2-5(10)4-3(7(12)6(2)11)8(13)14(16)9(4)15/h8,16H,13H2,1H3. The van der Waals surface area contributed by atoms with Gasteiger partial charge in [-0.05, 0) is 12.5 Å². The van der Waals surface area contributed by atoms with Gasteiger partial charge in [0.1, 0.15) is 6.17 Å². The highest BCUT2D eigenvalue weighted by Crippen LogP contribution is 2.45. The van der Waals surface area contributed by atoms with Gasteiger partial charge in [0.15, 0.2) is 0 Å². The Hall–Kier alpha value is -0.130. The molecule has 1 heterocycles. The minimum atomic E-state index is -0.728. The van der Waals surface area contributed by atoms with Crippen LogP contribution >= 0.6 is 47.6 Å². The summed E-state index contributed by atoms with van der Waals surface area (Å²) in [5, 5.41) is 0.856. The molecule has 1 aliphatic rings. The first kappa shape index (κ1) is 12.3. The summed E-state index contributed by atoms with van der Waals surface area (Å²) < 4.78 is 1.08. The highest BCUT2D eigenvalue weighted by Gasteiger charge is 2.38. The maximum atomic E-state index is 11.8. The Bertz CT molecular complexity index is 506. The predicted octanol–water partition coefficient (Wildman–Crippen LogP) is 3.21. The van der Waals surface area contributed by atoms with Crippen molar-refractivity contribution in [1.29, 1.82) is 0 Å². The molecule has 1 aromatic rings. The third-order valence-electron chi connectivity index (χ3n) is 2.56. The Morgan fingerprint density at radius 1 is 1.25 bits per heavy atom. The monoisotopic (exact) mass is 296 g/mol. The van der Waals surface area contributed by atoms with E-state index in [1.807, 2.05) is 0 Å². The minimum absolute atomic E-state index is 0.260. The average Bonchev–Trinajstić information content (AvgIpc) is 2.48. The van der Waals surface area contributed by atoms with Crippen molar-refractivity contribution >= 4 is 53.5 Å². The van der Waals surface area contributed by atoms with Crippen molar-refractivity contribution in [3.63, 3.8) is 0 Å². The number of nitrogens with zero attached hydrogens (tertiary/aromatic N) is 1. The lowest BCUT2D eigenvalue weighted by atomic mass is 10.0.